The molecule has 2 heterocycles. The van der Waals surface area contributed by atoms with Crippen LogP contribution >= 0.6 is 11.3 Å². The van der Waals surface area contributed by atoms with Gasteiger partial charge in [0.2, 0.25) is 0 Å². The zero-order valence-corrected chi connectivity index (χ0v) is 10.8. The number of nitrogens with zero attached hydrogens (tertiary/aromatic N) is 2. The van der Waals surface area contributed by atoms with E-state index < -0.39 is 6.10 Å². The van der Waals surface area contributed by atoms with Crippen molar-refractivity contribution < 1.29 is 9.52 Å². The predicted octanol–water partition coefficient (Wildman–Crippen LogP) is 2.82. The maximum atomic E-state index is 9.48. The summed E-state index contributed by atoms with van der Waals surface area (Å²) in [5, 5.41) is 10.4. The minimum atomic E-state index is -0.455. The maximum Gasteiger partial charge on any atom is 0.185 e. The summed E-state index contributed by atoms with van der Waals surface area (Å²) < 4.78 is 5.33. The van der Waals surface area contributed by atoms with Gasteiger partial charge in [-0.1, -0.05) is 11.3 Å². The van der Waals surface area contributed by atoms with Gasteiger partial charge in [-0.05, 0) is 26.0 Å². The van der Waals surface area contributed by atoms with E-state index in [1.165, 1.54) is 11.3 Å². The van der Waals surface area contributed by atoms with Crippen LogP contribution in [-0.4, -0.2) is 16.6 Å². The van der Waals surface area contributed by atoms with Crippen molar-refractivity contribution in [3.8, 4) is 0 Å². The van der Waals surface area contributed by atoms with E-state index in [4.69, 9.17) is 4.42 Å². The molecule has 0 amide bonds. The summed E-state index contributed by atoms with van der Waals surface area (Å²) in [6.07, 6.45) is 2.95. The summed E-state index contributed by atoms with van der Waals surface area (Å²) in [4.78, 5) is 7.34. The van der Waals surface area contributed by atoms with Crippen LogP contribution in [0.1, 0.15) is 30.6 Å². The summed E-state index contributed by atoms with van der Waals surface area (Å²) in [5.41, 5.74) is 0. The van der Waals surface area contributed by atoms with Gasteiger partial charge in [0, 0.05) is 12.7 Å². The third kappa shape index (κ3) is 2.87. The second-order valence-corrected chi connectivity index (χ2v) is 4.86. The zero-order chi connectivity index (χ0) is 12.3. The summed E-state index contributed by atoms with van der Waals surface area (Å²) in [6, 6.07) is 3.83. The van der Waals surface area contributed by atoms with E-state index in [1.807, 2.05) is 12.1 Å². The second kappa shape index (κ2) is 5.33. The summed E-state index contributed by atoms with van der Waals surface area (Å²) in [5.74, 6) is 0.917. The molecule has 2 aromatic heterocycles. The van der Waals surface area contributed by atoms with E-state index in [2.05, 4.69) is 16.8 Å². The zero-order valence-electron chi connectivity index (χ0n) is 9.96. The molecule has 17 heavy (non-hydrogen) atoms. The minimum absolute atomic E-state index is 0.455. The molecule has 0 fully saturated rings. The van der Waals surface area contributed by atoms with Crippen molar-refractivity contribution in [2.75, 3.05) is 11.4 Å². The lowest BCUT2D eigenvalue weighted by molar-refractivity contribution is 0.203. The van der Waals surface area contributed by atoms with Crippen LogP contribution in [0.25, 0.3) is 0 Å². The number of thiazole rings is 1. The molecule has 1 atom stereocenters. The first kappa shape index (κ1) is 12.1. The molecule has 2 aromatic rings. The SMILES string of the molecule is CCN(Cc1ccco1)c1ncc(C(C)O)s1. The van der Waals surface area contributed by atoms with Gasteiger partial charge in [-0.3, -0.25) is 0 Å². The van der Waals surface area contributed by atoms with Crippen molar-refractivity contribution in [1.82, 2.24) is 4.98 Å². The van der Waals surface area contributed by atoms with E-state index in [0.29, 0.717) is 6.54 Å². The Hall–Kier alpha value is -1.33. The van der Waals surface area contributed by atoms with Gasteiger partial charge in [0.15, 0.2) is 5.13 Å². The number of hydrogen-bond donors (Lipinski definition) is 1. The first-order valence-corrected chi connectivity index (χ1v) is 6.43. The fraction of sp³-hybridized carbons (Fsp3) is 0.417. The molecule has 4 nitrogen and oxygen atoms in total. The van der Waals surface area contributed by atoms with Gasteiger partial charge in [-0.25, -0.2) is 4.98 Å². The number of rotatable bonds is 5. The molecule has 1 N–H and O–H groups in total. The summed E-state index contributed by atoms with van der Waals surface area (Å²) >= 11 is 1.52. The van der Waals surface area contributed by atoms with Gasteiger partial charge >= 0.3 is 0 Å². The highest BCUT2D eigenvalue weighted by Crippen LogP contribution is 2.27. The molecule has 0 aliphatic rings. The van der Waals surface area contributed by atoms with Gasteiger partial charge in [0.05, 0.1) is 23.8 Å². The number of aromatic nitrogens is 1. The molecule has 0 radical (unpaired) electrons. The number of hydrogen-bond acceptors (Lipinski definition) is 5. The predicted molar refractivity (Wildman–Crippen MR) is 68.2 cm³/mol. The summed E-state index contributed by atoms with van der Waals surface area (Å²) in [7, 11) is 0. The lowest BCUT2D eigenvalue weighted by Gasteiger charge is -2.18. The number of aliphatic hydroxyl groups excluding tert-OH is 1. The number of furan rings is 1. The van der Waals surface area contributed by atoms with Crippen LogP contribution in [-0.2, 0) is 6.54 Å². The van der Waals surface area contributed by atoms with E-state index in [9.17, 15) is 5.11 Å². The largest absolute Gasteiger partial charge is 0.467 e. The van der Waals surface area contributed by atoms with Crippen molar-refractivity contribution >= 4 is 16.5 Å². The van der Waals surface area contributed by atoms with E-state index >= 15 is 0 Å². The molecule has 0 saturated carbocycles. The van der Waals surface area contributed by atoms with Crippen molar-refractivity contribution in [1.29, 1.82) is 0 Å². The van der Waals surface area contributed by atoms with Crippen LogP contribution in [0.15, 0.2) is 29.0 Å². The van der Waals surface area contributed by atoms with Gasteiger partial charge in [-0.15, -0.1) is 0 Å². The molecule has 0 aliphatic carbocycles. The fourth-order valence-corrected chi connectivity index (χ4v) is 2.44. The van der Waals surface area contributed by atoms with Crippen molar-refractivity contribution in [2.24, 2.45) is 0 Å². The van der Waals surface area contributed by atoms with Gasteiger partial charge < -0.3 is 14.4 Å². The minimum Gasteiger partial charge on any atom is -0.467 e. The van der Waals surface area contributed by atoms with Gasteiger partial charge in [0.25, 0.3) is 0 Å². The Morgan fingerprint density at radius 2 is 2.41 bits per heavy atom. The molecule has 1 unspecified atom stereocenters. The Morgan fingerprint density at radius 1 is 1.59 bits per heavy atom. The molecule has 0 bridgehead atoms. The molecule has 92 valence electrons. The van der Waals surface area contributed by atoms with Crippen LogP contribution in [0, 0.1) is 0 Å². The van der Waals surface area contributed by atoms with Gasteiger partial charge in [-0.2, -0.15) is 0 Å². The first-order valence-electron chi connectivity index (χ1n) is 5.61. The highest BCUT2D eigenvalue weighted by Gasteiger charge is 2.13. The summed E-state index contributed by atoms with van der Waals surface area (Å²) in [6.45, 7) is 5.39. The Kier molecular flexibility index (Phi) is 3.81. The van der Waals surface area contributed by atoms with Crippen LogP contribution in [0.3, 0.4) is 0 Å². The Balaban J connectivity index is 2.11. The normalized spacial score (nSPS) is 12.6. The molecule has 0 spiro atoms. The first-order chi connectivity index (χ1) is 8.20. The Bertz CT molecular complexity index is 451. The fourth-order valence-electron chi connectivity index (χ4n) is 1.52. The quantitative estimate of drug-likeness (QED) is 0.889. The van der Waals surface area contributed by atoms with Crippen molar-refractivity contribution in [2.45, 2.75) is 26.5 Å². The van der Waals surface area contributed by atoms with Crippen LogP contribution in [0.2, 0.25) is 0 Å². The number of aliphatic hydroxyl groups is 1. The number of anilines is 1. The second-order valence-electron chi connectivity index (χ2n) is 3.81. The molecule has 2 rings (SSSR count). The smallest absolute Gasteiger partial charge is 0.185 e. The molecular weight excluding hydrogens is 236 g/mol. The molecule has 0 saturated heterocycles. The average Bonchev–Trinajstić information content (AvgIpc) is 2.96. The highest BCUT2D eigenvalue weighted by atomic mass is 32.1. The maximum absolute atomic E-state index is 9.48. The van der Waals surface area contributed by atoms with Crippen LogP contribution < -0.4 is 4.90 Å². The Labute approximate surface area is 105 Å². The standard InChI is InChI=1S/C12H16N2O2S/c1-3-14(8-10-5-4-6-16-10)12-13-7-11(17-12)9(2)15/h4-7,9,15H,3,8H2,1-2H3. The van der Waals surface area contributed by atoms with Crippen LogP contribution in [0.4, 0.5) is 5.13 Å². The Morgan fingerprint density at radius 3 is 2.94 bits per heavy atom. The molecule has 0 aromatic carbocycles. The van der Waals surface area contributed by atoms with Crippen molar-refractivity contribution in [3.63, 3.8) is 0 Å². The molecule has 5 heteroatoms. The average molecular weight is 252 g/mol. The van der Waals surface area contributed by atoms with Crippen molar-refractivity contribution in [3.05, 3.63) is 35.2 Å². The topological polar surface area (TPSA) is 49.5 Å². The molecule has 0 aliphatic heterocycles. The molecular formula is C12H16N2O2S. The van der Waals surface area contributed by atoms with E-state index in [0.717, 1.165) is 22.3 Å². The van der Waals surface area contributed by atoms with Gasteiger partial charge in [0.1, 0.15) is 5.76 Å². The lowest BCUT2D eigenvalue weighted by atomic mass is 10.4. The lowest BCUT2D eigenvalue weighted by Crippen LogP contribution is -2.21. The third-order valence-corrected chi connectivity index (χ3v) is 3.73. The van der Waals surface area contributed by atoms with Crippen LogP contribution in [0.5, 0.6) is 0 Å². The monoisotopic (exact) mass is 252 g/mol. The van der Waals surface area contributed by atoms with E-state index in [-0.39, 0.29) is 0 Å². The van der Waals surface area contributed by atoms with E-state index in [1.54, 1.807) is 19.4 Å². The highest BCUT2D eigenvalue weighted by molar-refractivity contribution is 7.15. The third-order valence-electron chi connectivity index (χ3n) is 2.50.